The maximum atomic E-state index is 13.9. The van der Waals surface area contributed by atoms with Crippen molar-refractivity contribution in [2.24, 2.45) is 0 Å². The van der Waals surface area contributed by atoms with Gasteiger partial charge in [-0.25, -0.2) is 4.39 Å². The lowest BCUT2D eigenvalue weighted by Crippen LogP contribution is -2.39. The van der Waals surface area contributed by atoms with Crippen molar-refractivity contribution in [3.63, 3.8) is 0 Å². The van der Waals surface area contributed by atoms with E-state index in [4.69, 9.17) is 14.2 Å². The van der Waals surface area contributed by atoms with Crippen LogP contribution in [0, 0.1) is 5.82 Å². The first kappa shape index (κ1) is 23.5. The number of likely N-dealkylation sites (tertiary alicyclic amines) is 1. The minimum absolute atomic E-state index is 0.285. The van der Waals surface area contributed by atoms with E-state index in [0.29, 0.717) is 13.2 Å². The van der Waals surface area contributed by atoms with E-state index in [1.165, 1.54) is 11.6 Å². The Kier molecular flexibility index (Phi) is 8.69. The van der Waals surface area contributed by atoms with Crippen LogP contribution >= 0.6 is 0 Å². The fourth-order valence-electron chi connectivity index (χ4n) is 3.86. The van der Waals surface area contributed by atoms with Gasteiger partial charge in [-0.05, 0) is 69.7 Å². The van der Waals surface area contributed by atoms with Gasteiger partial charge in [0.05, 0.1) is 0 Å². The molecule has 0 N–H and O–H groups in total. The van der Waals surface area contributed by atoms with Crippen molar-refractivity contribution in [1.82, 2.24) is 9.80 Å². The molecule has 5 nitrogen and oxygen atoms in total. The number of benzene rings is 2. The minimum atomic E-state index is -0.388. The third-order valence-electron chi connectivity index (χ3n) is 5.89. The highest BCUT2D eigenvalue weighted by molar-refractivity contribution is 5.27. The summed E-state index contributed by atoms with van der Waals surface area (Å²) < 4.78 is 31.4. The highest BCUT2D eigenvalue weighted by atomic mass is 19.1. The SMILES string of the molecule is CO[C@@]1(COc2ccccc2F)CCCN(Cc2ccc(OCCN(C)C)cc2)CC1. The lowest BCUT2D eigenvalue weighted by molar-refractivity contribution is -0.0548. The van der Waals surface area contributed by atoms with Crippen LogP contribution in [0.3, 0.4) is 0 Å². The molecule has 0 aromatic heterocycles. The van der Waals surface area contributed by atoms with Gasteiger partial charge in [0, 0.05) is 26.7 Å². The molecule has 0 spiro atoms. The summed E-state index contributed by atoms with van der Waals surface area (Å²) in [5, 5.41) is 0. The summed E-state index contributed by atoms with van der Waals surface area (Å²) in [4.78, 5) is 4.56. The Bertz CT molecular complexity index is 800. The molecule has 1 fully saturated rings. The van der Waals surface area contributed by atoms with Crippen molar-refractivity contribution < 1.29 is 18.6 Å². The normalized spacial score (nSPS) is 19.9. The molecule has 6 heteroatoms. The number of hydrogen-bond donors (Lipinski definition) is 0. The zero-order valence-electron chi connectivity index (χ0n) is 19.0. The molecule has 0 unspecified atom stereocenters. The Hall–Kier alpha value is -2.15. The maximum absolute atomic E-state index is 13.9. The first-order chi connectivity index (χ1) is 15.0. The molecule has 0 bridgehead atoms. The molecule has 1 heterocycles. The van der Waals surface area contributed by atoms with Gasteiger partial charge >= 0.3 is 0 Å². The summed E-state index contributed by atoms with van der Waals surface area (Å²) in [7, 11) is 5.81. The molecular weight excluding hydrogens is 395 g/mol. The third kappa shape index (κ3) is 7.20. The van der Waals surface area contributed by atoms with Crippen LogP contribution in [0.5, 0.6) is 11.5 Å². The van der Waals surface area contributed by atoms with Gasteiger partial charge in [-0.15, -0.1) is 0 Å². The number of nitrogens with zero attached hydrogens (tertiary/aromatic N) is 2. The second-order valence-electron chi connectivity index (χ2n) is 8.53. The Labute approximate surface area is 185 Å². The Morgan fingerprint density at radius 1 is 1.00 bits per heavy atom. The highest BCUT2D eigenvalue weighted by Crippen LogP contribution is 2.28. The number of likely N-dealkylation sites (N-methyl/N-ethyl adjacent to an activating group) is 1. The number of methoxy groups -OCH3 is 1. The molecule has 2 aromatic rings. The van der Waals surface area contributed by atoms with Gasteiger partial charge in [-0.2, -0.15) is 0 Å². The van der Waals surface area contributed by atoms with Crippen molar-refractivity contribution in [2.45, 2.75) is 31.4 Å². The number of hydrogen-bond acceptors (Lipinski definition) is 5. The van der Waals surface area contributed by atoms with Crippen LogP contribution in [0.1, 0.15) is 24.8 Å². The molecular formula is C25H35FN2O3. The minimum Gasteiger partial charge on any atom is -0.492 e. The summed E-state index contributed by atoms with van der Waals surface area (Å²) in [6, 6.07) is 14.9. The second-order valence-corrected chi connectivity index (χ2v) is 8.53. The Balaban J connectivity index is 1.51. The van der Waals surface area contributed by atoms with Crippen LogP contribution in [-0.4, -0.2) is 69.5 Å². The van der Waals surface area contributed by atoms with Gasteiger partial charge in [-0.1, -0.05) is 24.3 Å². The topological polar surface area (TPSA) is 34.2 Å². The molecule has 1 saturated heterocycles. The fourth-order valence-corrected chi connectivity index (χ4v) is 3.86. The third-order valence-corrected chi connectivity index (χ3v) is 5.89. The monoisotopic (exact) mass is 430 g/mol. The van der Waals surface area contributed by atoms with Crippen LogP contribution < -0.4 is 9.47 Å². The van der Waals surface area contributed by atoms with E-state index in [1.807, 2.05) is 26.2 Å². The van der Waals surface area contributed by atoms with Gasteiger partial charge in [0.25, 0.3) is 0 Å². The lowest BCUT2D eigenvalue weighted by atomic mass is 9.95. The quantitative estimate of drug-likeness (QED) is 0.564. The number of rotatable bonds is 10. The predicted octanol–water partition coefficient (Wildman–Crippen LogP) is 4.22. The van der Waals surface area contributed by atoms with Crippen LogP contribution in [-0.2, 0) is 11.3 Å². The van der Waals surface area contributed by atoms with Crippen molar-refractivity contribution >= 4 is 0 Å². The number of ether oxygens (including phenoxy) is 3. The van der Waals surface area contributed by atoms with E-state index in [1.54, 1.807) is 25.3 Å². The number of para-hydroxylation sites is 1. The smallest absolute Gasteiger partial charge is 0.165 e. The van der Waals surface area contributed by atoms with Crippen LogP contribution in [0.15, 0.2) is 48.5 Å². The molecule has 0 amide bonds. The van der Waals surface area contributed by atoms with Gasteiger partial charge in [0.15, 0.2) is 11.6 Å². The summed E-state index contributed by atoms with van der Waals surface area (Å²) >= 11 is 0. The fraction of sp³-hybridized carbons (Fsp3) is 0.520. The molecule has 3 rings (SSSR count). The first-order valence-electron chi connectivity index (χ1n) is 11.0. The standard InChI is InChI=1S/C25H35FN2O3/c1-27(2)17-18-30-22-11-9-21(10-12-22)19-28-15-6-13-25(29-3,14-16-28)20-31-24-8-5-4-7-23(24)26/h4-5,7-12H,6,13-20H2,1-3H3/t25-/m0/s1. The molecule has 170 valence electrons. The van der Waals surface area contributed by atoms with E-state index >= 15 is 0 Å². The maximum Gasteiger partial charge on any atom is 0.165 e. The van der Waals surface area contributed by atoms with E-state index < -0.39 is 0 Å². The van der Waals surface area contributed by atoms with Crippen molar-refractivity contribution in [3.05, 3.63) is 59.9 Å². The van der Waals surface area contributed by atoms with E-state index in [2.05, 4.69) is 21.9 Å². The summed E-state index contributed by atoms with van der Waals surface area (Å²) in [6.45, 7) is 4.76. The first-order valence-corrected chi connectivity index (χ1v) is 11.0. The lowest BCUT2D eigenvalue weighted by Gasteiger charge is -2.31. The molecule has 2 aromatic carbocycles. The van der Waals surface area contributed by atoms with E-state index in [0.717, 1.165) is 51.2 Å². The van der Waals surface area contributed by atoms with Gasteiger partial charge in [0.1, 0.15) is 24.6 Å². The van der Waals surface area contributed by atoms with Crippen LogP contribution in [0.25, 0.3) is 0 Å². The van der Waals surface area contributed by atoms with Crippen molar-refractivity contribution in [3.8, 4) is 11.5 Å². The van der Waals surface area contributed by atoms with E-state index in [9.17, 15) is 4.39 Å². The number of halogens is 1. The molecule has 1 aliphatic heterocycles. The molecule has 31 heavy (non-hydrogen) atoms. The van der Waals surface area contributed by atoms with Gasteiger partial charge in [-0.3, -0.25) is 4.90 Å². The second kappa shape index (κ2) is 11.5. The molecule has 0 saturated carbocycles. The van der Waals surface area contributed by atoms with Crippen molar-refractivity contribution in [1.29, 1.82) is 0 Å². The van der Waals surface area contributed by atoms with Crippen molar-refractivity contribution in [2.75, 3.05) is 54.1 Å². The summed E-state index contributed by atoms with van der Waals surface area (Å²) in [5.74, 6) is 0.858. The zero-order valence-corrected chi connectivity index (χ0v) is 19.0. The average molecular weight is 431 g/mol. The van der Waals surface area contributed by atoms with Crippen LogP contribution in [0.4, 0.5) is 4.39 Å². The van der Waals surface area contributed by atoms with Crippen LogP contribution in [0.2, 0.25) is 0 Å². The van der Waals surface area contributed by atoms with Gasteiger partial charge in [0.2, 0.25) is 0 Å². The van der Waals surface area contributed by atoms with Gasteiger partial charge < -0.3 is 19.1 Å². The molecule has 0 aliphatic carbocycles. The summed E-state index contributed by atoms with van der Waals surface area (Å²) in [6.07, 6.45) is 2.76. The largest absolute Gasteiger partial charge is 0.492 e. The molecule has 0 radical (unpaired) electrons. The summed E-state index contributed by atoms with van der Waals surface area (Å²) in [5.41, 5.74) is 0.883. The van der Waals surface area contributed by atoms with E-state index in [-0.39, 0.29) is 17.2 Å². The Morgan fingerprint density at radius 3 is 2.48 bits per heavy atom. The highest BCUT2D eigenvalue weighted by Gasteiger charge is 2.33. The molecule has 1 aliphatic rings. The Morgan fingerprint density at radius 2 is 1.77 bits per heavy atom. The average Bonchev–Trinajstić information content (AvgIpc) is 2.97. The molecule has 1 atom stereocenters. The zero-order chi connectivity index (χ0) is 22.1. The predicted molar refractivity (Wildman–Crippen MR) is 121 cm³/mol.